The largest absolute Gasteiger partial charge is 0.456 e. The molecule has 0 fully saturated rings. The Morgan fingerprint density at radius 2 is 2.06 bits per heavy atom. The topological polar surface area (TPSA) is 53.9 Å². The molecule has 0 amide bonds. The predicted molar refractivity (Wildman–Crippen MR) is 62.4 cm³/mol. The molecule has 3 N–H and O–H groups in total. The number of quaternary nitrogens is 1. The van der Waals surface area contributed by atoms with Crippen molar-refractivity contribution in [3.05, 3.63) is 35.9 Å². The van der Waals surface area contributed by atoms with Gasteiger partial charge in [-0.05, 0) is 12.0 Å². The summed E-state index contributed by atoms with van der Waals surface area (Å²) in [6, 6.07) is 9.46. The Bertz CT molecular complexity index is 311. The fraction of sp³-hybridized carbons (Fsp3) is 0.462. The zero-order valence-electron chi connectivity index (χ0n) is 9.82. The number of benzene rings is 1. The van der Waals surface area contributed by atoms with E-state index in [4.69, 9.17) is 4.74 Å². The van der Waals surface area contributed by atoms with Gasteiger partial charge in [0.2, 0.25) is 0 Å². The van der Waals surface area contributed by atoms with Crippen molar-refractivity contribution in [2.24, 2.45) is 0 Å². The third kappa shape index (κ3) is 4.45. The van der Waals surface area contributed by atoms with Gasteiger partial charge in [-0.15, -0.1) is 0 Å². The van der Waals surface area contributed by atoms with E-state index in [-0.39, 0.29) is 12.0 Å². The molecule has 1 atom stereocenters. The van der Waals surface area contributed by atoms with Gasteiger partial charge >= 0.3 is 5.97 Å². The molecular formula is C13H20NO2+. The minimum Gasteiger partial charge on any atom is -0.456 e. The molecule has 1 unspecified atom stereocenters. The molecule has 16 heavy (non-hydrogen) atoms. The quantitative estimate of drug-likeness (QED) is 0.742. The van der Waals surface area contributed by atoms with Crippen molar-refractivity contribution in [3.8, 4) is 0 Å². The highest BCUT2D eigenvalue weighted by atomic mass is 16.5. The van der Waals surface area contributed by atoms with Crippen LogP contribution < -0.4 is 5.73 Å². The molecule has 0 aromatic heterocycles. The lowest BCUT2D eigenvalue weighted by Gasteiger charge is -2.08. The molecule has 1 aromatic carbocycles. The van der Waals surface area contributed by atoms with Gasteiger partial charge in [-0.3, -0.25) is 0 Å². The summed E-state index contributed by atoms with van der Waals surface area (Å²) in [6.07, 6.45) is 2.91. The van der Waals surface area contributed by atoms with Crippen LogP contribution in [0, 0.1) is 0 Å². The first-order valence-corrected chi connectivity index (χ1v) is 5.77. The standard InChI is InChI=1S/C13H19NO2/c1-2-3-9-12(14)13(15)16-10-11-7-5-4-6-8-11/h4-8,12H,2-3,9-10,14H2,1H3/p+1. The summed E-state index contributed by atoms with van der Waals surface area (Å²) in [7, 11) is 0. The van der Waals surface area contributed by atoms with Crippen molar-refractivity contribution in [2.45, 2.75) is 38.8 Å². The normalized spacial score (nSPS) is 12.1. The number of unbranched alkanes of at least 4 members (excludes halogenated alkanes) is 1. The second-order valence-corrected chi connectivity index (χ2v) is 3.93. The summed E-state index contributed by atoms with van der Waals surface area (Å²) < 4.78 is 5.19. The van der Waals surface area contributed by atoms with Gasteiger partial charge < -0.3 is 10.5 Å². The second-order valence-electron chi connectivity index (χ2n) is 3.93. The summed E-state index contributed by atoms with van der Waals surface area (Å²) in [5.74, 6) is -0.197. The van der Waals surface area contributed by atoms with Crippen molar-refractivity contribution in [1.29, 1.82) is 0 Å². The van der Waals surface area contributed by atoms with Gasteiger partial charge in [0.05, 0.1) is 0 Å². The van der Waals surface area contributed by atoms with Crippen LogP contribution in [0.2, 0.25) is 0 Å². The van der Waals surface area contributed by atoms with E-state index >= 15 is 0 Å². The van der Waals surface area contributed by atoms with Gasteiger partial charge in [0.1, 0.15) is 6.61 Å². The Hall–Kier alpha value is -1.35. The van der Waals surface area contributed by atoms with Gasteiger partial charge in [-0.25, -0.2) is 4.79 Å². The average molecular weight is 222 g/mol. The number of ether oxygens (including phenoxy) is 1. The van der Waals surface area contributed by atoms with Gasteiger partial charge in [0.25, 0.3) is 0 Å². The van der Waals surface area contributed by atoms with Crippen LogP contribution in [0.3, 0.4) is 0 Å². The van der Waals surface area contributed by atoms with E-state index in [0.717, 1.165) is 24.8 Å². The number of hydrogen-bond donors (Lipinski definition) is 1. The second kappa shape index (κ2) is 7.01. The number of hydrogen-bond acceptors (Lipinski definition) is 2. The molecule has 0 aliphatic heterocycles. The molecule has 1 aromatic rings. The molecule has 0 spiro atoms. The van der Waals surface area contributed by atoms with E-state index < -0.39 is 0 Å². The minimum atomic E-state index is -0.233. The van der Waals surface area contributed by atoms with Crippen LogP contribution in [0.15, 0.2) is 30.3 Å². The van der Waals surface area contributed by atoms with Crippen LogP contribution in [0.5, 0.6) is 0 Å². The lowest BCUT2D eigenvalue weighted by atomic mass is 10.1. The fourth-order valence-corrected chi connectivity index (χ4v) is 1.41. The molecule has 0 aliphatic carbocycles. The summed E-state index contributed by atoms with van der Waals surface area (Å²) >= 11 is 0. The van der Waals surface area contributed by atoms with Gasteiger partial charge in [0.15, 0.2) is 6.04 Å². The van der Waals surface area contributed by atoms with E-state index in [0.29, 0.717) is 6.61 Å². The molecular weight excluding hydrogens is 202 g/mol. The average Bonchev–Trinajstić information content (AvgIpc) is 2.34. The maximum Gasteiger partial charge on any atom is 0.365 e. The smallest absolute Gasteiger partial charge is 0.365 e. The zero-order valence-corrected chi connectivity index (χ0v) is 9.82. The first-order valence-electron chi connectivity index (χ1n) is 5.77. The van der Waals surface area contributed by atoms with E-state index in [1.807, 2.05) is 30.3 Å². The van der Waals surface area contributed by atoms with Crippen LogP contribution >= 0.6 is 0 Å². The monoisotopic (exact) mass is 222 g/mol. The van der Waals surface area contributed by atoms with Crippen LogP contribution in [-0.4, -0.2) is 12.0 Å². The van der Waals surface area contributed by atoms with E-state index in [2.05, 4.69) is 12.7 Å². The highest BCUT2D eigenvalue weighted by molar-refractivity contribution is 5.73. The SMILES string of the molecule is CCCCC([NH3+])C(=O)OCc1ccccc1. The van der Waals surface area contributed by atoms with Crippen molar-refractivity contribution in [1.82, 2.24) is 0 Å². The Morgan fingerprint density at radius 1 is 1.38 bits per heavy atom. The molecule has 88 valence electrons. The number of carbonyl (C=O) groups is 1. The maximum absolute atomic E-state index is 11.5. The zero-order chi connectivity index (χ0) is 11.8. The van der Waals surface area contributed by atoms with E-state index in [1.54, 1.807) is 0 Å². The highest BCUT2D eigenvalue weighted by Gasteiger charge is 2.17. The molecule has 0 bridgehead atoms. The lowest BCUT2D eigenvalue weighted by molar-refractivity contribution is -0.410. The van der Waals surface area contributed by atoms with E-state index in [9.17, 15) is 4.79 Å². The number of esters is 1. The van der Waals surface area contributed by atoms with Crippen molar-refractivity contribution >= 4 is 5.97 Å². The lowest BCUT2D eigenvalue weighted by Crippen LogP contribution is -2.65. The Balaban J connectivity index is 2.29. The summed E-state index contributed by atoms with van der Waals surface area (Å²) in [6.45, 7) is 2.44. The number of rotatable bonds is 6. The molecule has 3 nitrogen and oxygen atoms in total. The van der Waals surface area contributed by atoms with Gasteiger partial charge in [-0.2, -0.15) is 0 Å². The molecule has 3 heteroatoms. The van der Waals surface area contributed by atoms with Gasteiger partial charge in [0, 0.05) is 6.42 Å². The van der Waals surface area contributed by atoms with Crippen LogP contribution in [-0.2, 0) is 16.1 Å². The first-order chi connectivity index (χ1) is 7.74. The Morgan fingerprint density at radius 3 is 2.69 bits per heavy atom. The van der Waals surface area contributed by atoms with Crippen molar-refractivity contribution < 1.29 is 15.3 Å². The third-order valence-corrected chi connectivity index (χ3v) is 2.46. The van der Waals surface area contributed by atoms with Crippen molar-refractivity contribution in [2.75, 3.05) is 0 Å². The summed E-state index contributed by atoms with van der Waals surface area (Å²) in [5.41, 5.74) is 4.83. The molecule has 0 radical (unpaired) electrons. The number of carbonyl (C=O) groups excluding carboxylic acids is 1. The maximum atomic E-state index is 11.5. The molecule has 0 saturated heterocycles. The highest BCUT2D eigenvalue weighted by Crippen LogP contribution is 2.03. The minimum absolute atomic E-state index is 0.197. The summed E-state index contributed by atoms with van der Waals surface area (Å²) in [4.78, 5) is 11.5. The third-order valence-electron chi connectivity index (χ3n) is 2.46. The molecule has 0 saturated carbocycles. The Labute approximate surface area is 96.6 Å². The first kappa shape index (κ1) is 12.7. The summed E-state index contributed by atoms with van der Waals surface area (Å²) in [5, 5.41) is 0. The van der Waals surface area contributed by atoms with Gasteiger partial charge in [-0.1, -0.05) is 43.7 Å². The predicted octanol–water partition coefficient (Wildman–Crippen LogP) is 1.53. The van der Waals surface area contributed by atoms with Crippen molar-refractivity contribution in [3.63, 3.8) is 0 Å². The fourth-order valence-electron chi connectivity index (χ4n) is 1.41. The molecule has 0 heterocycles. The molecule has 0 aliphatic rings. The molecule has 1 rings (SSSR count). The van der Waals surface area contributed by atoms with E-state index in [1.165, 1.54) is 0 Å². The Kier molecular flexibility index (Phi) is 5.57. The van der Waals surface area contributed by atoms with Crippen LogP contribution in [0.25, 0.3) is 0 Å². The van der Waals surface area contributed by atoms with Crippen LogP contribution in [0.4, 0.5) is 0 Å². The van der Waals surface area contributed by atoms with Crippen LogP contribution in [0.1, 0.15) is 31.7 Å².